The highest BCUT2D eigenvalue weighted by Gasteiger charge is 2.18. The van der Waals surface area contributed by atoms with Crippen LogP contribution in [0, 0.1) is 12.7 Å². The van der Waals surface area contributed by atoms with Crippen LogP contribution in [0.1, 0.15) is 40.9 Å². The Kier molecular flexibility index (Phi) is 7.79. The molecule has 8 nitrogen and oxygen atoms in total. The molecule has 0 unspecified atom stereocenters. The maximum atomic E-state index is 13.4. The summed E-state index contributed by atoms with van der Waals surface area (Å²) in [7, 11) is 0. The molecule has 2 heterocycles. The average Bonchev–Trinajstić information content (AvgIpc) is 3.29. The first-order valence-corrected chi connectivity index (χ1v) is 10.5. The zero-order valence-electron chi connectivity index (χ0n) is 17.7. The van der Waals surface area contributed by atoms with E-state index in [1.807, 2.05) is 13.8 Å². The molecule has 10 heteroatoms. The first-order valence-electron chi connectivity index (χ1n) is 10.1. The summed E-state index contributed by atoms with van der Waals surface area (Å²) in [5, 5.41) is 24.8. The number of carbonyl (C=O) groups excluding carboxylic acids is 1. The fourth-order valence-electron chi connectivity index (χ4n) is 3.09. The molecule has 32 heavy (non-hydrogen) atoms. The van der Waals surface area contributed by atoms with E-state index < -0.39 is 17.8 Å². The molecule has 0 saturated heterocycles. The lowest BCUT2D eigenvalue weighted by Gasteiger charge is -2.17. The highest BCUT2D eigenvalue weighted by molar-refractivity contribution is 6.30. The number of carbonyl (C=O) groups is 1. The van der Waals surface area contributed by atoms with Gasteiger partial charge in [-0.3, -0.25) is 4.79 Å². The molecule has 0 aliphatic heterocycles. The van der Waals surface area contributed by atoms with Crippen molar-refractivity contribution in [3.8, 4) is 5.82 Å². The normalized spacial score (nSPS) is 12.9. The lowest BCUT2D eigenvalue weighted by atomic mass is 10.1. The number of hydrogen-bond acceptors (Lipinski definition) is 6. The van der Waals surface area contributed by atoms with E-state index in [2.05, 4.69) is 20.6 Å². The quantitative estimate of drug-likeness (QED) is 0.389. The van der Waals surface area contributed by atoms with Crippen molar-refractivity contribution >= 4 is 23.5 Å². The molecule has 1 amide bonds. The second-order valence-electron chi connectivity index (χ2n) is 7.32. The fraction of sp³-hybridized carbons (Fsp3) is 0.318. The second-order valence-corrected chi connectivity index (χ2v) is 7.73. The van der Waals surface area contributed by atoms with Crippen LogP contribution in [0.2, 0.25) is 5.02 Å². The number of benzene rings is 1. The van der Waals surface area contributed by atoms with E-state index in [4.69, 9.17) is 11.6 Å². The van der Waals surface area contributed by atoms with E-state index >= 15 is 0 Å². The van der Waals surface area contributed by atoms with Crippen molar-refractivity contribution in [1.82, 2.24) is 19.9 Å². The summed E-state index contributed by atoms with van der Waals surface area (Å²) >= 11 is 5.81. The standard InChI is InChI=1S/C22H25ClFN5O3/c1-3-16(11-30)26-22-25-9-13(2)20(28-22)29-7-6-15(10-29)21(32)27-19(12-31)14-4-5-18(24)17(23)8-14/h4-10,16,19,30-31H,3,11-12H2,1-2H3,(H,27,32)(H,25,26,28)/t16-,19+/m0/s1. The molecule has 0 bridgehead atoms. The molecule has 1 aromatic carbocycles. The molecule has 3 rings (SSSR count). The van der Waals surface area contributed by atoms with Crippen LogP contribution < -0.4 is 10.6 Å². The lowest BCUT2D eigenvalue weighted by molar-refractivity contribution is 0.0916. The maximum absolute atomic E-state index is 13.4. The predicted molar refractivity (Wildman–Crippen MR) is 120 cm³/mol. The van der Waals surface area contributed by atoms with Crippen LogP contribution in [0.15, 0.2) is 42.9 Å². The third-order valence-corrected chi connectivity index (χ3v) is 5.31. The van der Waals surface area contributed by atoms with Gasteiger partial charge in [0.05, 0.1) is 35.9 Å². The van der Waals surface area contributed by atoms with Gasteiger partial charge in [-0.25, -0.2) is 9.37 Å². The Balaban J connectivity index is 1.78. The molecular formula is C22H25ClFN5O3. The summed E-state index contributed by atoms with van der Waals surface area (Å²) in [6, 6.07) is 4.74. The van der Waals surface area contributed by atoms with Crippen molar-refractivity contribution < 1.29 is 19.4 Å². The van der Waals surface area contributed by atoms with Gasteiger partial charge in [-0.1, -0.05) is 24.6 Å². The van der Waals surface area contributed by atoms with Gasteiger partial charge >= 0.3 is 0 Å². The number of nitrogens with zero attached hydrogens (tertiary/aromatic N) is 3. The van der Waals surface area contributed by atoms with Gasteiger partial charge in [-0.05, 0) is 37.1 Å². The Morgan fingerprint density at radius 1 is 1.28 bits per heavy atom. The predicted octanol–water partition coefficient (Wildman–Crippen LogP) is 3.01. The highest BCUT2D eigenvalue weighted by atomic mass is 35.5. The number of aliphatic hydroxyl groups is 2. The third-order valence-electron chi connectivity index (χ3n) is 5.02. The summed E-state index contributed by atoms with van der Waals surface area (Å²) in [5.41, 5.74) is 1.64. The Bertz CT molecular complexity index is 1090. The summed E-state index contributed by atoms with van der Waals surface area (Å²) in [5.74, 6) is -0.0356. The summed E-state index contributed by atoms with van der Waals surface area (Å²) in [6.45, 7) is 3.38. The van der Waals surface area contributed by atoms with Gasteiger partial charge in [0, 0.05) is 24.2 Å². The number of aromatic nitrogens is 3. The minimum absolute atomic E-state index is 0.0395. The van der Waals surface area contributed by atoms with E-state index in [-0.39, 0.29) is 24.3 Å². The first-order chi connectivity index (χ1) is 15.4. The van der Waals surface area contributed by atoms with Crippen molar-refractivity contribution in [2.75, 3.05) is 18.5 Å². The van der Waals surface area contributed by atoms with Crippen molar-refractivity contribution in [3.63, 3.8) is 0 Å². The van der Waals surface area contributed by atoms with Crippen molar-refractivity contribution in [3.05, 3.63) is 70.4 Å². The molecule has 0 aliphatic carbocycles. The van der Waals surface area contributed by atoms with Gasteiger partial charge < -0.3 is 25.4 Å². The van der Waals surface area contributed by atoms with E-state index in [0.29, 0.717) is 29.3 Å². The minimum atomic E-state index is -0.745. The van der Waals surface area contributed by atoms with Gasteiger partial charge in [-0.15, -0.1) is 0 Å². The molecular weight excluding hydrogens is 437 g/mol. The Hall–Kier alpha value is -3.01. The SMILES string of the molecule is CC[C@@H](CO)Nc1ncc(C)c(-n2ccc(C(=O)N[C@H](CO)c3ccc(F)c(Cl)c3)c2)n1. The monoisotopic (exact) mass is 461 g/mol. The molecule has 170 valence electrons. The molecule has 0 radical (unpaired) electrons. The topological polar surface area (TPSA) is 112 Å². The molecule has 0 spiro atoms. The van der Waals surface area contributed by atoms with Crippen LogP contribution in [-0.4, -0.2) is 49.9 Å². The van der Waals surface area contributed by atoms with Crippen LogP contribution >= 0.6 is 11.6 Å². The number of halogens is 2. The zero-order chi connectivity index (χ0) is 23.3. The summed E-state index contributed by atoms with van der Waals surface area (Å²) in [4.78, 5) is 21.5. The number of aryl methyl sites for hydroxylation is 1. The highest BCUT2D eigenvalue weighted by Crippen LogP contribution is 2.22. The lowest BCUT2D eigenvalue weighted by Crippen LogP contribution is -2.30. The zero-order valence-corrected chi connectivity index (χ0v) is 18.5. The van der Waals surface area contributed by atoms with Gasteiger partial charge in [0.15, 0.2) is 0 Å². The summed E-state index contributed by atoms with van der Waals surface area (Å²) < 4.78 is 15.1. The van der Waals surface area contributed by atoms with E-state index in [1.165, 1.54) is 18.2 Å². The molecule has 2 aromatic heterocycles. The number of rotatable bonds is 9. The van der Waals surface area contributed by atoms with Crippen LogP contribution in [0.5, 0.6) is 0 Å². The number of amides is 1. The van der Waals surface area contributed by atoms with E-state index in [0.717, 1.165) is 5.56 Å². The first kappa shape index (κ1) is 23.6. The molecule has 2 atom stereocenters. The van der Waals surface area contributed by atoms with Gasteiger partial charge in [0.2, 0.25) is 5.95 Å². The Morgan fingerprint density at radius 3 is 2.72 bits per heavy atom. The Labute approximate surface area is 190 Å². The number of aliphatic hydroxyl groups excluding tert-OH is 2. The molecule has 0 fully saturated rings. The second kappa shape index (κ2) is 10.5. The smallest absolute Gasteiger partial charge is 0.253 e. The van der Waals surface area contributed by atoms with Crippen LogP contribution in [-0.2, 0) is 0 Å². The molecule has 4 N–H and O–H groups in total. The number of hydrogen-bond donors (Lipinski definition) is 4. The average molecular weight is 462 g/mol. The Morgan fingerprint density at radius 2 is 2.06 bits per heavy atom. The number of nitrogens with one attached hydrogen (secondary N) is 2. The van der Waals surface area contributed by atoms with E-state index in [9.17, 15) is 19.4 Å². The van der Waals surface area contributed by atoms with Crippen LogP contribution in [0.4, 0.5) is 10.3 Å². The maximum Gasteiger partial charge on any atom is 0.253 e. The van der Waals surface area contributed by atoms with Gasteiger partial charge in [-0.2, -0.15) is 4.98 Å². The van der Waals surface area contributed by atoms with Crippen molar-refractivity contribution in [2.24, 2.45) is 0 Å². The third kappa shape index (κ3) is 5.42. The number of anilines is 1. The van der Waals surface area contributed by atoms with Crippen molar-refractivity contribution in [2.45, 2.75) is 32.4 Å². The molecule has 0 aliphatic rings. The fourth-order valence-corrected chi connectivity index (χ4v) is 3.28. The van der Waals surface area contributed by atoms with Gasteiger partial charge in [0.1, 0.15) is 11.6 Å². The molecule has 0 saturated carbocycles. The van der Waals surface area contributed by atoms with Crippen molar-refractivity contribution in [1.29, 1.82) is 0 Å². The molecule has 3 aromatic rings. The van der Waals surface area contributed by atoms with Crippen LogP contribution in [0.25, 0.3) is 5.82 Å². The van der Waals surface area contributed by atoms with Gasteiger partial charge in [0.25, 0.3) is 5.91 Å². The minimum Gasteiger partial charge on any atom is -0.394 e. The van der Waals surface area contributed by atoms with Crippen LogP contribution in [0.3, 0.4) is 0 Å². The summed E-state index contributed by atoms with van der Waals surface area (Å²) in [6.07, 6.45) is 5.68. The largest absolute Gasteiger partial charge is 0.394 e. The van der Waals surface area contributed by atoms with E-state index in [1.54, 1.807) is 29.2 Å².